The lowest BCUT2D eigenvalue weighted by atomic mass is 10.1. The summed E-state index contributed by atoms with van der Waals surface area (Å²) >= 11 is 0.565. The largest absolute Gasteiger partial charge is 0.368 e. The molecule has 0 spiro atoms. The van der Waals surface area contributed by atoms with Crippen LogP contribution >= 0.6 is 11.8 Å². The van der Waals surface area contributed by atoms with E-state index in [9.17, 15) is 8.78 Å². The number of hydrogen-bond acceptors (Lipinski definition) is 3. The van der Waals surface area contributed by atoms with Crippen LogP contribution in [0.1, 0.15) is 12.5 Å². The summed E-state index contributed by atoms with van der Waals surface area (Å²) in [6.45, 7) is 6.50. The molecule has 0 unspecified atom stereocenters. The van der Waals surface area contributed by atoms with Crippen LogP contribution in [0.15, 0.2) is 46.3 Å². The van der Waals surface area contributed by atoms with Crippen LogP contribution in [0.5, 0.6) is 0 Å². The number of amidine groups is 1. The summed E-state index contributed by atoms with van der Waals surface area (Å²) < 4.78 is 25.9. The van der Waals surface area contributed by atoms with Gasteiger partial charge in [-0.25, -0.2) is 0 Å². The highest BCUT2D eigenvalue weighted by Gasteiger charge is 2.22. The molecule has 0 amide bonds. The first-order valence-electron chi connectivity index (χ1n) is 6.06. The second-order valence-electron chi connectivity index (χ2n) is 4.49. The van der Waals surface area contributed by atoms with Crippen molar-refractivity contribution < 1.29 is 8.78 Å². The van der Waals surface area contributed by atoms with Crippen LogP contribution < -0.4 is 5.32 Å². The molecule has 102 valence electrons. The number of aliphatic imine (C=N–C) groups is 1. The third-order valence-corrected chi connectivity index (χ3v) is 3.47. The Bertz CT molecular complexity index is 506. The van der Waals surface area contributed by atoms with Gasteiger partial charge in [0.1, 0.15) is 5.84 Å². The summed E-state index contributed by atoms with van der Waals surface area (Å²) in [6.07, 6.45) is 0.621. The summed E-state index contributed by atoms with van der Waals surface area (Å²) in [4.78, 5) is 4.86. The molecule has 1 N–H and O–H groups in total. The van der Waals surface area contributed by atoms with Gasteiger partial charge >= 0.3 is 0 Å². The Morgan fingerprint density at radius 2 is 2.32 bits per heavy atom. The van der Waals surface area contributed by atoms with Crippen molar-refractivity contribution in [2.24, 2.45) is 4.99 Å². The van der Waals surface area contributed by atoms with Gasteiger partial charge in [-0.3, -0.25) is 4.99 Å². The van der Waals surface area contributed by atoms with E-state index >= 15 is 0 Å². The van der Waals surface area contributed by atoms with E-state index in [1.807, 2.05) is 6.07 Å². The zero-order valence-corrected chi connectivity index (χ0v) is 11.6. The lowest BCUT2D eigenvalue weighted by Crippen LogP contribution is -2.21. The van der Waals surface area contributed by atoms with E-state index in [1.165, 1.54) is 0 Å². The molecule has 0 aliphatic carbocycles. The summed E-state index contributed by atoms with van der Waals surface area (Å²) in [7, 11) is 0. The number of benzene rings is 1. The van der Waals surface area contributed by atoms with Gasteiger partial charge in [-0.15, -0.1) is 0 Å². The molecule has 1 aliphatic heterocycles. The molecule has 0 fully saturated rings. The van der Waals surface area contributed by atoms with Crippen LogP contribution in [-0.2, 0) is 6.42 Å². The van der Waals surface area contributed by atoms with Crippen LogP contribution in [0, 0.1) is 0 Å². The summed E-state index contributed by atoms with van der Waals surface area (Å²) in [6, 6.07) is 7.18. The van der Waals surface area contributed by atoms with Gasteiger partial charge in [-0.2, -0.15) is 8.78 Å². The Hall–Kier alpha value is -1.36. The van der Waals surface area contributed by atoms with Crippen LogP contribution in [0.2, 0.25) is 0 Å². The third-order valence-electron chi connectivity index (χ3n) is 2.62. The first-order valence-corrected chi connectivity index (χ1v) is 6.88. The van der Waals surface area contributed by atoms with Crippen molar-refractivity contribution in [1.82, 2.24) is 5.32 Å². The molecule has 1 heterocycles. The molecule has 0 atom stereocenters. The predicted molar refractivity (Wildman–Crippen MR) is 76.1 cm³/mol. The molecule has 5 heteroatoms. The molecule has 0 saturated heterocycles. The second kappa shape index (κ2) is 5.74. The molecule has 0 saturated carbocycles. The number of halogens is 2. The predicted octanol–water partition coefficient (Wildman–Crippen LogP) is 3.49. The van der Waals surface area contributed by atoms with Crippen LogP contribution in [-0.4, -0.2) is 24.2 Å². The Labute approximate surface area is 116 Å². The minimum Gasteiger partial charge on any atom is -0.368 e. The van der Waals surface area contributed by atoms with Crippen LogP contribution in [0.4, 0.5) is 8.78 Å². The third kappa shape index (κ3) is 4.35. The standard InChI is InChI=1S/C14H16F2N2S/c1-10(13-17-6-7-18-13)8-11-4-3-5-12(9-11)19-14(2,15)16/h3-5,9H,1,6-8H2,2H3,(H,17,18). The molecule has 2 rings (SSSR count). The summed E-state index contributed by atoms with van der Waals surface area (Å²) in [5, 5.41) is 0.397. The van der Waals surface area contributed by atoms with Gasteiger partial charge < -0.3 is 5.32 Å². The molecular formula is C14H16F2N2S. The normalized spacial score (nSPS) is 15.0. The van der Waals surface area contributed by atoms with E-state index in [0.29, 0.717) is 23.1 Å². The maximum Gasteiger partial charge on any atom is 0.295 e. The van der Waals surface area contributed by atoms with Crippen molar-refractivity contribution in [1.29, 1.82) is 0 Å². The van der Waals surface area contributed by atoms with E-state index in [1.54, 1.807) is 18.2 Å². The number of hydrogen-bond donors (Lipinski definition) is 1. The summed E-state index contributed by atoms with van der Waals surface area (Å²) in [5.41, 5.74) is 1.86. The zero-order valence-electron chi connectivity index (χ0n) is 10.7. The summed E-state index contributed by atoms with van der Waals surface area (Å²) in [5.74, 6) is 0.832. The van der Waals surface area contributed by atoms with Crippen LogP contribution in [0.3, 0.4) is 0 Å². The Morgan fingerprint density at radius 3 is 2.95 bits per heavy atom. The molecule has 1 aromatic carbocycles. The highest BCUT2D eigenvalue weighted by molar-refractivity contribution is 8.00. The minimum absolute atomic E-state index is 0.565. The Kier molecular flexibility index (Phi) is 4.24. The topological polar surface area (TPSA) is 24.4 Å². The maximum absolute atomic E-state index is 13.0. The zero-order chi connectivity index (χ0) is 13.9. The quantitative estimate of drug-likeness (QED) is 0.836. The van der Waals surface area contributed by atoms with Crippen LogP contribution in [0.25, 0.3) is 0 Å². The average molecular weight is 282 g/mol. The smallest absolute Gasteiger partial charge is 0.295 e. The monoisotopic (exact) mass is 282 g/mol. The molecule has 19 heavy (non-hydrogen) atoms. The van der Waals surface area contributed by atoms with Gasteiger partial charge in [0, 0.05) is 24.8 Å². The van der Waals surface area contributed by atoms with Crippen molar-refractivity contribution in [3.05, 3.63) is 42.0 Å². The minimum atomic E-state index is -2.76. The van der Waals surface area contributed by atoms with E-state index in [2.05, 4.69) is 16.9 Å². The fraction of sp³-hybridized carbons (Fsp3) is 0.357. The van der Waals surface area contributed by atoms with Gasteiger partial charge in [0.15, 0.2) is 0 Å². The van der Waals surface area contributed by atoms with Crippen molar-refractivity contribution in [3.8, 4) is 0 Å². The fourth-order valence-corrected chi connectivity index (χ4v) is 2.66. The Balaban J connectivity index is 2.04. The van der Waals surface area contributed by atoms with E-state index < -0.39 is 5.25 Å². The van der Waals surface area contributed by atoms with Gasteiger partial charge in [0.2, 0.25) is 0 Å². The number of alkyl halides is 2. The molecule has 0 radical (unpaired) electrons. The molecular weight excluding hydrogens is 266 g/mol. The highest BCUT2D eigenvalue weighted by Crippen LogP contribution is 2.35. The number of nitrogens with one attached hydrogen (secondary N) is 1. The number of nitrogens with zero attached hydrogens (tertiary/aromatic N) is 1. The first kappa shape index (κ1) is 14.1. The van der Waals surface area contributed by atoms with E-state index in [0.717, 1.165) is 37.0 Å². The average Bonchev–Trinajstić information content (AvgIpc) is 2.80. The molecule has 1 aromatic rings. The fourth-order valence-electron chi connectivity index (χ4n) is 1.89. The van der Waals surface area contributed by atoms with Crippen molar-refractivity contribution >= 4 is 17.6 Å². The van der Waals surface area contributed by atoms with Crippen molar-refractivity contribution in [2.45, 2.75) is 23.5 Å². The highest BCUT2D eigenvalue weighted by atomic mass is 32.2. The number of thioether (sulfide) groups is 1. The van der Waals surface area contributed by atoms with Crippen molar-refractivity contribution in [2.75, 3.05) is 13.1 Å². The first-order chi connectivity index (χ1) is 8.94. The van der Waals surface area contributed by atoms with Gasteiger partial charge in [0.25, 0.3) is 5.25 Å². The molecule has 2 nitrogen and oxygen atoms in total. The maximum atomic E-state index is 13.0. The number of rotatable bonds is 5. The Morgan fingerprint density at radius 1 is 1.53 bits per heavy atom. The lowest BCUT2D eigenvalue weighted by molar-refractivity contribution is 0.129. The van der Waals surface area contributed by atoms with Gasteiger partial charge in [0.05, 0.1) is 6.54 Å². The van der Waals surface area contributed by atoms with Gasteiger partial charge in [-0.1, -0.05) is 30.5 Å². The van der Waals surface area contributed by atoms with E-state index in [4.69, 9.17) is 0 Å². The SMILES string of the molecule is C=C(Cc1cccc(SC(C)(F)F)c1)C1=NCCN1. The van der Waals surface area contributed by atoms with E-state index in [-0.39, 0.29) is 0 Å². The lowest BCUT2D eigenvalue weighted by Gasteiger charge is -2.11. The second-order valence-corrected chi connectivity index (χ2v) is 5.89. The van der Waals surface area contributed by atoms with Gasteiger partial charge in [-0.05, 0) is 23.3 Å². The molecule has 0 bridgehead atoms. The molecule has 0 aromatic heterocycles. The van der Waals surface area contributed by atoms with Crippen molar-refractivity contribution in [3.63, 3.8) is 0 Å². The molecule has 1 aliphatic rings.